The second kappa shape index (κ2) is 7.48. The molecule has 4 rings (SSSR count). The van der Waals surface area contributed by atoms with E-state index < -0.39 is 11.2 Å². The number of aliphatic hydroxyl groups is 1. The van der Waals surface area contributed by atoms with Crippen molar-refractivity contribution in [3.63, 3.8) is 0 Å². The molecule has 0 spiro atoms. The summed E-state index contributed by atoms with van der Waals surface area (Å²) < 4.78 is 5.84. The van der Waals surface area contributed by atoms with E-state index in [4.69, 9.17) is 4.74 Å². The lowest BCUT2D eigenvalue weighted by molar-refractivity contribution is -0.191. The Hall–Kier alpha value is -2.35. The van der Waals surface area contributed by atoms with Crippen molar-refractivity contribution in [2.24, 2.45) is 0 Å². The van der Waals surface area contributed by atoms with E-state index in [0.717, 1.165) is 22.0 Å². The van der Waals surface area contributed by atoms with Crippen LogP contribution in [0.2, 0.25) is 0 Å². The van der Waals surface area contributed by atoms with Gasteiger partial charge in [-0.15, -0.1) is 0 Å². The molecule has 2 fully saturated rings. The number of hydrogen-bond acceptors (Lipinski definition) is 6. The molecule has 0 bridgehead atoms. The topological polar surface area (TPSA) is 101 Å². The number of carbonyl (C=O) groups is 2. The van der Waals surface area contributed by atoms with Crippen molar-refractivity contribution in [2.75, 3.05) is 20.2 Å². The molecule has 2 aliphatic heterocycles. The molecule has 3 unspecified atom stereocenters. The Labute approximate surface area is 169 Å². The number of imide groups is 1. The van der Waals surface area contributed by atoms with Crippen LogP contribution in [0.5, 0.6) is 0 Å². The summed E-state index contributed by atoms with van der Waals surface area (Å²) in [5.74, 6) is -0.894. The van der Waals surface area contributed by atoms with Gasteiger partial charge in [0.25, 0.3) is 0 Å². The van der Waals surface area contributed by atoms with E-state index in [1.807, 2.05) is 31.2 Å². The Morgan fingerprint density at radius 3 is 2.86 bits per heavy atom. The fourth-order valence-corrected chi connectivity index (χ4v) is 4.75. The Bertz CT molecular complexity index is 956. The first-order chi connectivity index (χ1) is 13.9. The van der Waals surface area contributed by atoms with Crippen molar-refractivity contribution in [1.29, 1.82) is 0 Å². The number of nitrogens with zero attached hydrogens (tertiary/aromatic N) is 1. The molecule has 29 heavy (non-hydrogen) atoms. The molecule has 0 radical (unpaired) electrons. The van der Waals surface area contributed by atoms with Gasteiger partial charge in [-0.05, 0) is 55.1 Å². The number of carbonyl (C=O) groups excluding carboxylic acids is 2. The molecular formula is C22H27N3O4. The molecule has 2 amide bonds. The number of amides is 2. The van der Waals surface area contributed by atoms with E-state index in [-0.39, 0.29) is 17.7 Å². The number of benzene rings is 1. The predicted molar refractivity (Wildman–Crippen MR) is 108 cm³/mol. The highest BCUT2D eigenvalue weighted by molar-refractivity contribution is 6.01. The molecule has 2 saturated heterocycles. The molecule has 1 aromatic carbocycles. The third kappa shape index (κ3) is 3.23. The summed E-state index contributed by atoms with van der Waals surface area (Å²) in [5.41, 5.74) is 0.526. The van der Waals surface area contributed by atoms with E-state index in [1.54, 1.807) is 13.3 Å². The van der Waals surface area contributed by atoms with Crippen LogP contribution in [-0.2, 0) is 19.9 Å². The Balaban J connectivity index is 1.75. The lowest BCUT2D eigenvalue weighted by atomic mass is 9.71. The minimum Gasteiger partial charge on any atom is -0.382 e. The van der Waals surface area contributed by atoms with Crippen LogP contribution < -0.4 is 10.6 Å². The van der Waals surface area contributed by atoms with Crippen molar-refractivity contribution < 1.29 is 19.4 Å². The summed E-state index contributed by atoms with van der Waals surface area (Å²) in [7, 11) is 1.64. The van der Waals surface area contributed by atoms with Crippen LogP contribution in [0.1, 0.15) is 49.7 Å². The van der Waals surface area contributed by atoms with Gasteiger partial charge in [0, 0.05) is 31.7 Å². The number of rotatable bonds is 4. The smallest absolute Gasteiger partial charge is 0.234 e. The fourth-order valence-electron chi connectivity index (χ4n) is 4.75. The Kier molecular flexibility index (Phi) is 5.14. The Morgan fingerprint density at radius 1 is 1.31 bits per heavy atom. The average Bonchev–Trinajstić information content (AvgIpc) is 2.73. The zero-order valence-corrected chi connectivity index (χ0v) is 16.8. The van der Waals surface area contributed by atoms with Gasteiger partial charge in [0.1, 0.15) is 11.2 Å². The normalized spacial score (nSPS) is 30.4. The first-order valence-electron chi connectivity index (χ1n) is 10.1. The quantitative estimate of drug-likeness (QED) is 0.680. The van der Waals surface area contributed by atoms with Crippen molar-refractivity contribution in [3.8, 4) is 0 Å². The maximum atomic E-state index is 12.2. The van der Waals surface area contributed by atoms with Gasteiger partial charge in [0.05, 0.1) is 11.4 Å². The first-order valence-corrected chi connectivity index (χ1v) is 10.1. The number of fused-ring (bicyclic) bond motifs is 1. The van der Waals surface area contributed by atoms with E-state index >= 15 is 0 Å². The number of hydrogen-bond donors (Lipinski definition) is 3. The molecule has 3 N–H and O–H groups in total. The Morgan fingerprint density at radius 2 is 2.14 bits per heavy atom. The lowest BCUT2D eigenvalue weighted by Crippen LogP contribution is -2.62. The first kappa shape index (κ1) is 19.9. The van der Waals surface area contributed by atoms with Crippen LogP contribution >= 0.6 is 0 Å². The van der Waals surface area contributed by atoms with E-state index in [9.17, 15) is 14.7 Å². The highest BCUT2D eigenvalue weighted by atomic mass is 16.5. The molecule has 3 heterocycles. The SMILES string of the molecule is CCC1(OC)CNCCC1(O)c1ccc2ncc(C3CCC(=O)NC3=O)cc2c1. The van der Waals surface area contributed by atoms with Crippen LogP contribution in [0.4, 0.5) is 0 Å². The maximum Gasteiger partial charge on any atom is 0.234 e. The largest absolute Gasteiger partial charge is 0.382 e. The average molecular weight is 397 g/mol. The van der Waals surface area contributed by atoms with E-state index in [0.29, 0.717) is 38.8 Å². The van der Waals surface area contributed by atoms with E-state index in [2.05, 4.69) is 15.6 Å². The van der Waals surface area contributed by atoms with Gasteiger partial charge in [0.15, 0.2) is 0 Å². The summed E-state index contributed by atoms with van der Waals surface area (Å²) in [6.45, 7) is 3.29. The second-order valence-corrected chi connectivity index (χ2v) is 8.02. The van der Waals surface area contributed by atoms with Gasteiger partial charge in [0.2, 0.25) is 11.8 Å². The molecule has 3 atom stereocenters. The van der Waals surface area contributed by atoms with Crippen molar-refractivity contribution in [2.45, 2.75) is 49.7 Å². The number of piperidine rings is 2. The summed E-state index contributed by atoms with van der Waals surface area (Å²) in [6.07, 6.45) is 3.72. The van der Waals surface area contributed by atoms with E-state index in [1.165, 1.54) is 0 Å². The van der Waals surface area contributed by atoms with Crippen LogP contribution in [0.25, 0.3) is 10.9 Å². The van der Waals surface area contributed by atoms with Gasteiger partial charge in [-0.1, -0.05) is 13.0 Å². The third-order valence-electron chi connectivity index (χ3n) is 6.61. The van der Waals surface area contributed by atoms with Gasteiger partial charge in [-0.2, -0.15) is 0 Å². The fraction of sp³-hybridized carbons (Fsp3) is 0.500. The minimum atomic E-state index is -1.12. The highest BCUT2D eigenvalue weighted by Gasteiger charge is 2.52. The third-order valence-corrected chi connectivity index (χ3v) is 6.61. The van der Waals surface area contributed by atoms with Crippen molar-refractivity contribution >= 4 is 22.7 Å². The monoisotopic (exact) mass is 397 g/mol. The molecular weight excluding hydrogens is 370 g/mol. The maximum absolute atomic E-state index is 12.2. The van der Waals surface area contributed by atoms with Crippen LogP contribution in [-0.4, -0.2) is 47.7 Å². The standard InChI is InChI=1S/C22H27N3O4/c1-3-21(29-2)13-23-9-8-22(21,28)16-4-6-18-14(11-16)10-15(12-24-18)17-5-7-19(26)25-20(17)27/h4,6,10-12,17,23,28H,3,5,7-9,13H2,1-2H3,(H,25,26,27). The van der Waals surface area contributed by atoms with Crippen LogP contribution in [0.15, 0.2) is 30.5 Å². The molecule has 2 aromatic rings. The summed E-state index contributed by atoms with van der Waals surface area (Å²) >= 11 is 0. The zero-order chi connectivity index (χ0) is 20.6. The molecule has 7 nitrogen and oxygen atoms in total. The second-order valence-electron chi connectivity index (χ2n) is 8.02. The molecule has 0 aliphatic carbocycles. The molecule has 1 aromatic heterocycles. The summed E-state index contributed by atoms with van der Waals surface area (Å²) in [5, 5.41) is 18.3. The van der Waals surface area contributed by atoms with Gasteiger partial charge < -0.3 is 15.2 Å². The van der Waals surface area contributed by atoms with Gasteiger partial charge in [-0.3, -0.25) is 19.9 Å². The molecule has 7 heteroatoms. The minimum absolute atomic E-state index is 0.231. The zero-order valence-electron chi connectivity index (χ0n) is 16.8. The molecule has 2 aliphatic rings. The van der Waals surface area contributed by atoms with Gasteiger partial charge in [-0.25, -0.2) is 0 Å². The number of ether oxygens (including phenoxy) is 1. The highest BCUT2D eigenvalue weighted by Crippen LogP contribution is 2.43. The summed E-state index contributed by atoms with van der Waals surface area (Å²) in [6, 6.07) is 7.70. The number of aromatic nitrogens is 1. The summed E-state index contributed by atoms with van der Waals surface area (Å²) in [4.78, 5) is 28.2. The number of methoxy groups -OCH3 is 1. The van der Waals surface area contributed by atoms with Gasteiger partial charge >= 0.3 is 0 Å². The molecule has 0 saturated carbocycles. The predicted octanol–water partition coefficient (Wildman–Crippen LogP) is 1.73. The molecule has 154 valence electrons. The van der Waals surface area contributed by atoms with Crippen LogP contribution in [0, 0.1) is 0 Å². The van der Waals surface area contributed by atoms with Crippen LogP contribution in [0.3, 0.4) is 0 Å². The number of pyridine rings is 1. The van der Waals surface area contributed by atoms with Crippen molar-refractivity contribution in [3.05, 3.63) is 41.6 Å². The lowest BCUT2D eigenvalue weighted by Gasteiger charge is -2.49. The number of nitrogens with one attached hydrogen (secondary N) is 2. The van der Waals surface area contributed by atoms with Crippen molar-refractivity contribution in [1.82, 2.24) is 15.6 Å².